The van der Waals surface area contributed by atoms with Crippen LogP contribution in [0.2, 0.25) is 0 Å². The van der Waals surface area contributed by atoms with E-state index in [1.807, 2.05) is 18.2 Å². The van der Waals surface area contributed by atoms with Crippen molar-refractivity contribution in [3.8, 4) is 0 Å². The highest BCUT2D eigenvalue weighted by Crippen LogP contribution is 2.33. The molecule has 1 aliphatic heterocycles. The van der Waals surface area contributed by atoms with E-state index in [2.05, 4.69) is 62.0 Å². The van der Waals surface area contributed by atoms with E-state index in [1.54, 1.807) is 18.2 Å². The molecule has 1 aliphatic rings. The molecular formula is C34H39N3O3. The van der Waals surface area contributed by atoms with Crippen molar-refractivity contribution in [2.45, 2.75) is 59.3 Å². The number of aromatic nitrogens is 1. The van der Waals surface area contributed by atoms with E-state index in [1.165, 1.54) is 12.8 Å². The number of benzene rings is 4. The first-order valence-corrected chi connectivity index (χ1v) is 14.5. The summed E-state index contributed by atoms with van der Waals surface area (Å²) in [5.41, 5.74) is 4.45. The Balaban J connectivity index is 1.47. The second kappa shape index (κ2) is 9.77. The van der Waals surface area contributed by atoms with Crippen molar-refractivity contribution in [1.29, 1.82) is 0 Å². The fourth-order valence-corrected chi connectivity index (χ4v) is 6.30. The number of piperidine rings is 1. The summed E-state index contributed by atoms with van der Waals surface area (Å²) in [6.07, 6.45) is 3.45. The molecule has 4 aromatic carbocycles. The average Bonchev–Trinajstić information content (AvgIpc) is 2.91. The standard InChI is InChI=1S/C34H39N3O3/c1-33(2,3)21-12-13-24-26(18-21)40-27-19-25(35-15-9-17-37-16-8-14-34(4,5)20-37)28-29(30(27)36-24)32(39)23-11-7-6-10-22(23)31(28)38/h6-7,10-13,18-19,35-36H,8-9,14-17,20H2,1-5H3. The van der Waals surface area contributed by atoms with Gasteiger partial charge in [0, 0.05) is 35.6 Å². The zero-order valence-corrected chi connectivity index (χ0v) is 24.2. The third-order valence-electron chi connectivity index (χ3n) is 8.43. The lowest BCUT2D eigenvalue weighted by molar-refractivity contribution is 0.117. The molecule has 40 heavy (non-hydrogen) atoms. The van der Waals surface area contributed by atoms with Crippen molar-refractivity contribution in [2.24, 2.45) is 5.41 Å². The number of hydrogen-bond acceptors (Lipinski definition) is 5. The molecular weight excluding hydrogens is 498 g/mol. The smallest absolute Gasteiger partial charge is 0.196 e. The van der Waals surface area contributed by atoms with Crippen LogP contribution in [0.1, 0.15) is 59.4 Å². The first-order chi connectivity index (χ1) is 19.0. The number of aromatic amines is 1. The van der Waals surface area contributed by atoms with Crippen molar-refractivity contribution in [2.75, 3.05) is 31.5 Å². The van der Waals surface area contributed by atoms with Crippen LogP contribution in [0, 0.1) is 5.41 Å². The molecule has 6 rings (SSSR count). The van der Waals surface area contributed by atoms with Gasteiger partial charge < -0.3 is 19.6 Å². The summed E-state index contributed by atoms with van der Waals surface area (Å²) >= 11 is 0. The number of fused-ring (bicyclic) bond motifs is 5. The van der Waals surface area contributed by atoms with E-state index in [9.17, 15) is 9.59 Å². The third-order valence-corrected chi connectivity index (χ3v) is 8.43. The fourth-order valence-electron chi connectivity index (χ4n) is 6.30. The first kappa shape index (κ1) is 26.6. The van der Waals surface area contributed by atoms with Gasteiger partial charge >= 0.3 is 0 Å². The van der Waals surface area contributed by atoms with Crippen molar-refractivity contribution in [1.82, 2.24) is 9.88 Å². The summed E-state index contributed by atoms with van der Waals surface area (Å²) in [5, 5.41) is 5.20. The molecule has 2 N–H and O–H groups in total. The van der Waals surface area contributed by atoms with Crippen molar-refractivity contribution in [3.63, 3.8) is 0 Å². The lowest BCUT2D eigenvalue weighted by atomic mass is 9.84. The molecule has 5 aromatic rings. The second-order valence-corrected chi connectivity index (χ2v) is 13.3. The average molecular weight is 538 g/mol. The highest BCUT2D eigenvalue weighted by Gasteiger charge is 2.26. The lowest BCUT2D eigenvalue weighted by Gasteiger charge is -2.38. The van der Waals surface area contributed by atoms with Crippen LogP contribution >= 0.6 is 0 Å². The van der Waals surface area contributed by atoms with Crippen LogP contribution in [0.4, 0.5) is 5.69 Å². The summed E-state index contributed by atoms with van der Waals surface area (Å²) in [4.78, 5) is 33.7. The second-order valence-electron chi connectivity index (χ2n) is 13.3. The molecule has 2 heterocycles. The Kier molecular flexibility index (Phi) is 6.49. The number of rotatable bonds is 5. The molecule has 0 atom stereocenters. The number of H-pyrrole nitrogens is 1. The Bertz CT molecular complexity index is 1870. The highest BCUT2D eigenvalue weighted by molar-refractivity contribution is 6.14. The van der Waals surface area contributed by atoms with Crippen LogP contribution in [-0.2, 0) is 5.41 Å². The number of nitrogens with one attached hydrogen (secondary N) is 2. The summed E-state index contributed by atoms with van der Waals surface area (Å²) in [7, 11) is 0. The molecule has 0 radical (unpaired) electrons. The summed E-state index contributed by atoms with van der Waals surface area (Å²) in [6.45, 7) is 15.1. The van der Waals surface area contributed by atoms with Crippen molar-refractivity contribution < 1.29 is 4.42 Å². The van der Waals surface area contributed by atoms with Gasteiger partial charge in [-0.3, -0.25) is 9.59 Å². The first-order valence-electron chi connectivity index (χ1n) is 14.5. The quantitative estimate of drug-likeness (QED) is 0.141. The largest absolute Gasteiger partial charge is 0.453 e. The minimum atomic E-state index is -0.161. The SMILES string of the molecule is CC1(C)CCCN(CCCNc2cc3oc4cc(C(C)(C)C)ccc4[nH]c3c3c(=O)c4ccccc4c(=O)c23)C1. The Morgan fingerprint density at radius 1 is 0.975 bits per heavy atom. The molecule has 1 aromatic heterocycles. The van der Waals surface area contributed by atoms with Crippen LogP contribution in [0.5, 0.6) is 0 Å². The maximum atomic E-state index is 13.9. The summed E-state index contributed by atoms with van der Waals surface area (Å²) < 4.78 is 6.44. The molecule has 1 fully saturated rings. The fraction of sp³-hybridized carbons (Fsp3) is 0.412. The molecule has 6 nitrogen and oxygen atoms in total. The van der Waals surface area contributed by atoms with Gasteiger partial charge in [0.15, 0.2) is 22.0 Å². The molecule has 0 aliphatic carbocycles. The number of anilines is 1. The zero-order chi connectivity index (χ0) is 28.2. The maximum absolute atomic E-state index is 13.9. The van der Waals surface area contributed by atoms with E-state index in [0.29, 0.717) is 55.9 Å². The van der Waals surface area contributed by atoms with Gasteiger partial charge in [0.05, 0.1) is 21.8 Å². The van der Waals surface area contributed by atoms with Crippen LogP contribution < -0.4 is 16.2 Å². The van der Waals surface area contributed by atoms with Crippen LogP contribution in [0.3, 0.4) is 0 Å². The Morgan fingerprint density at radius 3 is 2.40 bits per heavy atom. The van der Waals surface area contributed by atoms with Gasteiger partial charge in [0.25, 0.3) is 0 Å². The molecule has 208 valence electrons. The number of nitrogens with zero attached hydrogens (tertiary/aromatic N) is 1. The van der Waals surface area contributed by atoms with Gasteiger partial charge in [0.2, 0.25) is 0 Å². The molecule has 1 saturated heterocycles. The summed E-state index contributed by atoms with van der Waals surface area (Å²) in [5.74, 6) is 0. The number of hydrogen-bond donors (Lipinski definition) is 2. The minimum absolute atomic E-state index is 0.0309. The molecule has 0 saturated carbocycles. The van der Waals surface area contributed by atoms with Gasteiger partial charge in [-0.05, 0) is 60.9 Å². The van der Waals surface area contributed by atoms with E-state index in [4.69, 9.17) is 4.42 Å². The van der Waals surface area contributed by atoms with E-state index < -0.39 is 0 Å². The van der Waals surface area contributed by atoms with Gasteiger partial charge in [0.1, 0.15) is 0 Å². The predicted octanol–water partition coefficient (Wildman–Crippen LogP) is 7.16. The van der Waals surface area contributed by atoms with Gasteiger partial charge in [-0.1, -0.05) is 65.0 Å². The van der Waals surface area contributed by atoms with E-state index in [0.717, 1.165) is 37.1 Å². The Hall–Kier alpha value is -3.64. The normalized spacial score (nSPS) is 16.3. The van der Waals surface area contributed by atoms with E-state index in [-0.39, 0.29) is 16.3 Å². The maximum Gasteiger partial charge on any atom is 0.196 e. The van der Waals surface area contributed by atoms with Crippen LogP contribution in [0.25, 0.3) is 43.7 Å². The van der Waals surface area contributed by atoms with Crippen LogP contribution in [-0.4, -0.2) is 36.1 Å². The van der Waals surface area contributed by atoms with Gasteiger partial charge in [-0.15, -0.1) is 0 Å². The van der Waals surface area contributed by atoms with Crippen molar-refractivity contribution in [3.05, 3.63) is 74.5 Å². The minimum Gasteiger partial charge on any atom is -0.453 e. The molecule has 0 amide bonds. The topological polar surface area (TPSA) is 78.3 Å². The Labute approximate surface area is 234 Å². The van der Waals surface area contributed by atoms with Gasteiger partial charge in [-0.25, -0.2) is 0 Å². The molecule has 0 spiro atoms. The zero-order valence-electron chi connectivity index (χ0n) is 24.2. The molecule has 0 bridgehead atoms. The lowest BCUT2D eigenvalue weighted by Crippen LogP contribution is -2.40. The Morgan fingerprint density at radius 2 is 1.70 bits per heavy atom. The summed E-state index contributed by atoms with van der Waals surface area (Å²) in [6, 6.07) is 15.1. The number of likely N-dealkylation sites (tertiary alicyclic amines) is 1. The van der Waals surface area contributed by atoms with Crippen LogP contribution in [0.15, 0.2) is 62.5 Å². The van der Waals surface area contributed by atoms with E-state index >= 15 is 0 Å². The third kappa shape index (κ3) is 4.79. The highest BCUT2D eigenvalue weighted by atomic mass is 16.3. The molecule has 0 unspecified atom stereocenters. The predicted molar refractivity (Wildman–Crippen MR) is 167 cm³/mol. The van der Waals surface area contributed by atoms with Crippen molar-refractivity contribution >= 4 is 49.4 Å². The molecule has 6 heteroatoms. The monoisotopic (exact) mass is 537 g/mol. The van der Waals surface area contributed by atoms with Gasteiger partial charge in [-0.2, -0.15) is 0 Å².